The lowest BCUT2D eigenvalue weighted by molar-refractivity contribution is -0.143. The predicted octanol–water partition coefficient (Wildman–Crippen LogP) is 3.18. The van der Waals surface area contributed by atoms with Crippen molar-refractivity contribution in [3.8, 4) is 0 Å². The van der Waals surface area contributed by atoms with Gasteiger partial charge in [-0.05, 0) is 40.0 Å². The maximum Gasteiger partial charge on any atom is 0.408 e. The molecular weight excluding hydrogens is 246 g/mol. The first-order valence-electron chi connectivity index (χ1n) is 6.84. The number of amides is 1. The fourth-order valence-corrected chi connectivity index (χ4v) is 2.26. The SMILES string of the molecule is CCC(CC)(CC)C(NC(=O)OC(C)(C)C)C(=O)O. The molecule has 0 spiro atoms. The molecule has 1 amide bonds. The molecule has 112 valence electrons. The van der Waals surface area contributed by atoms with Crippen molar-refractivity contribution in [2.24, 2.45) is 5.41 Å². The Morgan fingerprint density at radius 1 is 1.11 bits per heavy atom. The number of aliphatic carboxylic acids is 1. The van der Waals surface area contributed by atoms with Gasteiger partial charge in [-0.25, -0.2) is 9.59 Å². The van der Waals surface area contributed by atoms with E-state index < -0.39 is 29.1 Å². The molecule has 0 saturated carbocycles. The van der Waals surface area contributed by atoms with Crippen LogP contribution in [0.1, 0.15) is 60.8 Å². The van der Waals surface area contributed by atoms with E-state index in [1.165, 1.54) is 0 Å². The minimum atomic E-state index is -1.02. The summed E-state index contributed by atoms with van der Waals surface area (Å²) in [4.78, 5) is 23.2. The summed E-state index contributed by atoms with van der Waals surface area (Å²) in [5.41, 5.74) is -1.08. The van der Waals surface area contributed by atoms with Gasteiger partial charge in [0.05, 0.1) is 0 Å². The molecule has 0 heterocycles. The summed E-state index contributed by atoms with van der Waals surface area (Å²) in [6, 6.07) is -0.928. The second kappa shape index (κ2) is 6.78. The number of hydrogen-bond acceptors (Lipinski definition) is 3. The van der Waals surface area contributed by atoms with Gasteiger partial charge < -0.3 is 15.2 Å². The van der Waals surface area contributed by atoms with Gasteiger partial charge in [0.25, 0.3) is 0 Å². The van der Waals surface area contributed by atoms with Gasteiger partial charge in [-0.1, -0.05) is 20.8 Å². The van der Waals surface area contributed by atoms with Crippen LogP contribution in [-0.2, 0) is 9.53 Å². The molecule has 1 unspecified atom stereocenters. The summed E-state index contributed by atoms with van der Waals surface area (Å²) in [6.45, 7) is 11.1. The monoisotopic (exact) mass is 273 g/mol. The highest BCUT2D eigenvalue weighted by molar-refractivity contribution is 5.81. The van der Waals surface area contributed by atoms with E-state index in [1.807, 2.05) is 20.8 Å². The van der Waals surface area contributed by atoms with E-state index in [4.69, 9.17) is 4.74 Å². The molecule has 5 nitrogen and oxygen atoms in total. The lowest BCUT2D eigenvalue weighted by atomic mass is 9.73. The van der Waals surface area contributed by atoms with Crippen molar-refractivity contribution in [2.45, 2.75) is 72.4 Å². The van der Waals surface area contributed by atoms with Crippen LogP contribution in [0.5, 0.6) is 0 Å². The Morgan fingerprint density at radius 3 is 1.79 bits per heavy atom. The van der Waals surface area contributed by atoms with Crippen LogP contribution in [0.25, 0.3) is 0 Å². The Kier molecular flexibility index (Phi) is 6.33. The molecule has 19 heavy (non-hydrogen) atoms. The molecule has 0 aromatic rings. The van der Waals surface area contributed by atoms with Crippen molar-refractivity contribution in [3.63, 3.8) is 0 Å². The summed E-state index contributed by atoms with van der Waals surface area (Å²) in [5.74, 6) is -1.02. The fourth-order valence-electron chi connectivity index (χ4n) is 2.26. The minimum absolute atomic E-state index is 0.442. The van der Waals surface area contributed by atoms with E-state index in [0.29, 0.717) is 19.3 Å². The van der Waals surface area contributed by atoms with Gasteiger partial charge in [0, 0.05) is 5.41 Å². The smallest absolute Gasteiger partial charge is 0.408 e. The Bertz CT molecular complexity index is 308. The van der Waals surface area contributed by atoms with Gasteiger partial charge in [-0.3, -0.25) is 0 Å². The van der Waals surface area contributed by atoms with Crippen LogP contribution in [0.2, 0.25) is 0 Å². The first kappa shape index (κ1) is 17.7. The number of carbonyl (C=O) groups is 2. The van der Waals surface area contributed by atoms with Crippen molar-refractivity contribution in [1.29, 1.82) is 0 Å². The summed E-state index contributed by atoms with van der Waals surface area (Å²) in [6.07, 6.45) is 1.38. The van der Waals surface area contributed by atoms with Crippen LogP contribution in [0.4, 0.5) is 4.79 Å². The van der Waals surface area contributed by atoms with Gasteiger partial charge in [0.2, 0.25) is 0 Å². The van der Waals surface area contributed by atoms with Crippen molar-refractivity contribution in [1.82, 2.24) is 5.32 Å². The second-order valence-corrected chi connectivity index (χ2v) is 5.84. The van der Waals surface area contributed by atoms with Gasteiger partial charge >= 0.3 is 12.1 Å². The van der Waals surface area contributed by atoms with Crippen molar-refractivity contribution in [3.05, 3.63) is 0 Å². The van der Waals surface area contributed by atoms with Crippen LogP contribution in [0.3, 0.4) is 0 Å². The third-order valence-electron chi connectivity index (χ3n) is 3.63. The quantitative estimate of drug-likeness (QED) is 0.779. The van der Waals surface area contributed by atoms with E-state index in [-0.39, 0.29) is 0 Å². The van der Waals surface area contributed by atoms with Crippen molar-refractivity contribution < 1.29 is 19.4 Å². The number of carboxylic acid groups (broad SMARTS) is 1. The fraction of sp³-hybridized carbons (Fsp3) is 0.857. The molecule has 0 aromatic carbocycles. The molecule has 0 aliphatic heterocycles. The Morgan fingerprint density at radius 2 is 1.53 bits per heavy atom. The predicted molar refractivity (Wildman–Crippen MR) is 74.1 cm³/mol. The highest BCUT2D eigenvalue weighted by atomic mass is 16.6. The molecule has 5 heteroatoms. The maximum atomic E-state index is 11.8. The Balaban J connectivity index is 5.03. The van der Waals surface area contributed by atoms with E-state index in [9.17, 15) is 14.7 Å². The van der Waals surface area contributed by atoms with Crippen molar-refractivity contribution in [2.75, 3.05) is 0 Å². The number of carboxylic acids is 1. The zero-order chi connectivity index (χ0) is 15.3. The number of hydrogen-bond donors (Lipinski definition) is 2. The average Bonchev–Trinajstić information content (AvgIpc) is 2.28. The zero-order valence-corrected chi connectivity index (χ0v) is 12.9. The van der Waals surface area contributed by atoms with Crippen LogP contribution >= 0.6 is 0 Å². The number of nitrogens with one attached hydrogen (secondary N) is 1. The molecule has 0 bridgehead atoms. The summed E-state index contributed by atoms with van der Waals surface area (Å²) >= 11 is 0. The molecule has 0 aliphatic carbocycles. The topological polar surface area (TPSA) is 75.6 Å². The third-order valence-corrected chi connectivity index (χ3v) is 3.63. The van der Waals surface area contributed by atoms with E-state index in [0.717, 1.165) is 0 Å². The van der Waals surface area contributed by atoms with Crippen LogP contribution in [0, 0.1) is 5.41 Å². The summed E-state index contributed by atoms with van der Waals surface area (Å²) < 4.78 is 5.13. The minimum Gasteiger partial charge on any atom is -0.480 e. The Labute approximate surface area is 115 Å². The molecule has 1 atom stereocenters. The standard InChI is InChI=1S/C14H27NO4/c1-7-14(8-2,9-3)10(11(16)17)15-12(18)19-13(4,5)6/h10H,7-9H2,1-6H3,(H,15,18)(H,16,17). The normalized spacial score (nSPS) is 13.8. The lowest BCUT2D eigenvalue weighted by Crippen LogP contribution is -2.53. The number of carbonyl (C=O) groups excluding carboxylic acids is 1. The van der Waals surface area contributed by atoms with Gasteiger partial charge in [-0.15, -0.1) is 0 Å². The average molecular weight is 273 g/mol. The molecule has 0 fully saturated rings. The van der Waals surface area contributed by atoms with Crippen LogP contribution in [-0.4, -0.2) is 28.8 Å². The first-order valence-corrected chi connectivity index (χ1v) is 6.84. The zero-order valence-electron chi connectivity index (χ0n) is 12.9. The number of rotatable bonds is 6. The Hall–Kier alpha value is -1.26. The third kappa shape index (κ3) is 5.09. The highest BCUT2D eigenvalue weighted by Crippen LogP contribution is 2.34. The van der Waals surface area contributed by atoms with E-state index in [1.54, 1.807) is 20.8 Å². The molecule has 0 radical (unpaired) electrons. The number of alkyl carbamates (subject to hydrolysis) is 1. The second-order valence-electron chi connectivity index (χ2n) is 5.84. The molecule has 2 N–H and O–H groups in total. The summed E-state index contributed by atoms with van der Waals surface area (Å²) in [7, 11) is 0. The van der Waals surface area contributed by atoms with Gasteiger partial charge in [0.15, 0.2) is 0 Å². The molecule has 0 saturated heterocycles. The number of ether oxygens (including phenoxy) is 1. The maximum absolute atomic E-state index is 11.8. The van der Waals surface area contributed by atoms with Gasteiger partial charge in [-0.2, -0.15) is 0 Å². The van der Waals surface area contributed by atoms with Crippen LogP contribution < -0.4 is 5.32 Å². The lowest BCUT2D eigenvalue weighted by Gasteiger charge is -2.37. The van der Waals surface area contributed by atoms with E-state index >= 15 is 0 Å². The van der Waals surface area contributed by atoms with Crippen LogP contribution in [0.15, 0.2) is 0 Å². The molecule has 0 aromatic heterocycles. The van der Waals surface area contributed by atoms with Gasteiger partial charge in [0.1, 0.15) is 11.6 Å². The molecule has 0 rings (SSSR count). The highest BCUT2D eigenvalue weighted by Gasteiger charge is 2.40. The largest absolute Gasteiger partial charge is 0.480 e. The van der Waals surface area contributed by atoms with E-state index in [2.05, 4.69) is 5.32 Å². The molecular formula is C14H27NO4. The summed E-state index contributed by atoms with van der Waals surface area (Å²) in [5, 5.41) is 11.9. The van der Waals surface area contributed by atoms with Crippen molar-refractivity contribution >= 4 is 12.1 Å². The first-order chi connectivity index (χ1) is 8.61. The molecule has 0 aliphatic rings.